The molecule has 1 aliphatic heterocycles. The lowest BCUT2D eigenvalue weighted by Gasteiger charge is -2.30. The van der Waals surface area contributed by atoms with Crippen LogP contribution in [0.3, 0.4) is 0 Å². The fraction of sp³-hybridized carbons (Fsp3) is 0.625. The quantitative estimate of drug-likeness (QED) is 0.712. The van der Waals surface area contributed by atoms with Crippen molar-refractivity contribution in [1.29, 1.82) is 0 Å². The summed E-state index contributed by atoms with van der Waals surface area (Å²) in [7, 11) is 0. The summed E-state index contributed by atoms with van der Waals surface area (Å²) >= 11 is 0. The largest absolute Gasteiger partial charge is 0.494 e. The van der Waals surface area contributed by atoms with Gasteiger partial charge in [0.15, 0.2) is 0 Å². The van der Waals surface area contributed by atoms with E-state index < -0.39 is 0 Å². The Bertz CT molecular complexity index is 325. The van der Waals surface area contributed by atoms with E-state index in [0.717, 1.165) is 24.7 Å². The minimum atomic E-state index is 0.841. The number of unbranched alkanes of at least 4 members (excludes halogenated alkanes) is 1. The molecular weight excluding hydrogens is 222 g/mol. The van der Waals surface area contributed by atoms with E-state index in [4.69, 9.17) is 4.74 Å². The molecule has 1 aromatic rings. The first-order valence-electron chi connectivity index (χ1n) is 7.25. The van der Waals surface area contributed by atoms with Crippen LogP contribution in [0.5, 0.6) is 5.75 Å². The van der Waals surface area contributed by atoms with Gasteiger partial charge in [-0.2, -0.15) is 0 Å². The van der Waals surface area contributed by atoms with Crippen molar-refractivity contribution in [2.45, 2.75) is 32.6 Å². The molecule has 2 rings (SSSR count). The summed E-state index contributed by atoms with van der Waals surface area (Å²) in [4.78, 5) is 2.61. The molecule has 1 fully saturated rings. The van der Waals surface area contributed by atoms with Crippen LogP contribution >= 0.6 is 0 Å². The standard InChI is InChI=1S/C16H25NO/c1-15-8-7-12-17(14-15)11-5-6-13-18-16-9-3-2-4-10-16/h2-4,9-10,15H,5-8,11-14H2,1H3. The van der Waals surface area contributed by atoms with Gasteiger partial charge in [0.25, 0.3) is 0 Å². The summed E-state index contributed by atoms with van der Waals surface area (Å²) in [6, 6.07) is 10.1. The van der Waals surface area contributed by atoms with E-state index in [0.29, 0.717) is 0 Å². The Morgan fingerprint density at radius 2 is 2.06 bits per heavy atom. The van der Waals surface area contributed by atoms with E-state index in [1.54, 1.807) is 0 Å². The second-order valence-corrected chi connectivity index (χ2v) is 5.42. The van der Waals surface area contributed by atoms with Crippen molar-refractivity contribution < 1.29 is 4.74 Å². The van der Waals surface area contributed by atoms with E-state index in [-0.39, 0.29) is 0 Å². The van der Waals surface area contributed by atoms with Gasteiger partial charge in [0.05, 0.1) is 6.61 Å². The molecule has 2 nitrogen and oxygen atoms in total. The number of benzene rings is 1. The Morgan fingerprint density at radius 1 is 1.22 bits per heavy atom. The number of nitrogens with zero attached hydrogens (tertiary/aromatic N) is 1. The van der Waals surface area contributed by atoms with E-state index in [1.165, 1.54) is 38.9 Å². The maximum atomic E-state index is 5.70. The topological polar surface area (TPSA) is 12.5 Å². The summed E-state index contributed by atoms with van der Waals surface area (Å²) in [5, 5.41) is 0. The summed E-state index contributed by atoms with van der Waals surface area (Å²) < 4.78 is 5.70. The zero-order chi connectivity index (χ0) is 12.6. The van der Waals surface area contributed by atoms with Gasteiger partial charge in [0.1, 0.15) is 5.75 Å². The number of rotatable bonds is 6. The molecule has 0 bridgehead atoms. The summed E-state index contributed by atoms with van der Waals surface area (Å²) in [6.07, 6.45) is 5.19. The number of hydrogen-bond donors (Lipinski definition) is 0. The molecule has 1 aromatic carbocycles. The van der Waals surface area contributed by atoms with Crippen LogP contribution in [0, 0.1) is 5.92 Å². The number of likely N-dealkylation sites (tertiary alicyclic amines) is 1. The van der Waals surface area contributed by atoms with Crippen molar-refractivity contribution in [1.82, 2.24) is 4.90 Å². The fourth-order valence-corrected chi connectivity index (χ4v) is 2.63. The van der Waals surface area contributed by atoms with Crippen LogP contribution in [0.4, 0.5) is 0 Å². The lowest BCUT2D eigenvalue weighted by atomic mass is 10.0. The minimum Gasteiger partial charge on any atom is -0.494 e. The maximum absolute atomic E-state index is 5.70. The highest BCUT2D eigenvalue weighted by molar-refractivity contribution is 5.20. The van der Waals surface area contributed by atoms with Crippen molar-refractivity contribution in [2.75, 3.05) is 26.2 Å². The highest BCUT2D eigenvalue weighted by atomic mass is 16.5. The van der Waals surface area contributed by atoms with Crippen molar-refractivity contribution in [3.8, 4) is 5.75 Å². The molecule has 0 N–H and O–H groups in total. The van der Waals surface area contributed by atoms with Crippen LogP contribution in [-0.4, -0.2) is 31.1 Å². The van der Waals surface area contributed by atoms with Gasteiger partial charge in [-0.1, -0.05) is 25.1 Å². The molecule has 1 heterocycles. The van der Waals surface area contributed by atoms with Gasteiger partial charge in [0.2, 0.25) is 0 Å². The molecule has 18 heavy (non-hydrogen) atoms. The van der Waals surface area contributed by atoms with E-state index in [1.807, 2.05) is 30.3 Å². The van der Waals surface area contributed by atoms with Gasteiger partial charge >= 0.3 is 0 Å². The molecule has 1 saturated heterocycles. The first-order chi connectivity index (χ1) is 8.84. The van der Waals surface area contributed by atoms with Gasteiger partial charge in [-0.3, -0.25) is 0 Å². The third-order valence-electron chi connectivity index (χ3n) is 3.62. The Balaban J connectivity index is 1.53. The maximum Gasteiger partial charge on any atom is 0.119 e. The third-order valence-corrected chi connectivity index (χ3v) is 3.62. The van der Waals surface area contributed by atoms with E-state index in [9.17, 15) is 0 Å². The first kappa shape index (κ1) is 13.4. The van der Waals surface area contributed by atoms with Crippen LogP contribution in [-0.2, 0) is 0 Å². The molecule has 1 aliphatic rings. The highest BCUT2D eigenvalue weighted by Crippen LogP contribution is 2.15. The Hall–Kier alpha value is -1.02. The molecule has 0 saturated carbocycles. The molecular formula is C16H25NO. The van der Waals surface area contributed by atoms with Crippen molar-refractivity contribution in [3.63, 3.8) is 0 Å². The minimum absolute atomic E-state index is 0.841. The zero-order valence-electron chi connectivity index (χ0n) is 11.5. The molecule has 2 heteroatoms. The average Bonchev–Trinajstić information content (AvgIpc) is 2.40. The molecule has 0 radical (unpaired) electrons. The van der Waals surface area contributed by atoms with Gasteiger partial charge in [0, 0.05) is 6.54 Å². The molecule has 0 aliphatic carbocycles. The molecule has 1 atom stereocenters. The molecule has 0 aromatic heterocycles. The van der Waals surface area contributed by atoms with Gasteiger partial charge in [-0.25, -0.2) is 0 Å². The lowest BCUT2D eigenvalue weighted by molar-refractivity contribution is 0.177. The average molecular weight is 247 g/mol. The Morgan fingerprint density at radius 3 is 2.83 bits per heavy atom. The van der Waals surface area contributed by atoms with Crippen molar-refractivity contribution >= 4 is 0 Å². The van der Waals surface area contributed by atoms with Gasteiger partial charge in [-0.15, -0.1) is 0 Å². The van der Waals surface area contributed by atoms with Gasteiger partial charge in [-0.05, 0) is 56.8 Å². The molecule has 0 amide bonds. The SMILES string of the molecule is CC1CCCN(CCCCOc2ccccc2)C1. The lowest BCUT2D eigenvalue weighted by Crippen LogP contribution is -2.35. The first-order valence-corrected chi connectivity index (χ1v) is 7.25. The molecule has 100 valence electrons. The van der Waals surface area contributed by atoms with Crippen LogP contribution in [0.1, 0.15) is 32.6 Å². The van der Waals surface area contributed by atoms with Crippen LogP contribution in [0.2, 0.25) is 0 Å². The van der Waals surface area contributed by atoms with Crippen LogP contribution in [0.15, 0.2) is 30.3 Å². The third kappa shape index (κ3) is 4.69. The second kappa shape index (κ2) is 7.42. The predicted octanol–water partition coefficient (Wildman–Crippen LogP) is 3.58. The van der Waals surface area contributed by atoms with Crippen LogP contribution < -0.4 is 4.74 Å². The predicted molar refractivity (Wildman–Crippen MR) is 76.0 cm³/mol. The van der Waals surface area contributed by atoms with Crippen molar-refractivity contribution in [2.24, 2.45) is 5.92 Å². The Labute approximate surface area is 111 Å². The summed E-state index contributed by atoms with van der Waals surface area (Å²) in [5.41, 5.74) is 0. The highest BCUT2D eigenvalue weighted by Gasteiger charge is 2.15. The number of hydrogen-bond acceptors (Lipinski definition) is 2. The van der Waals surface area contributed by atoms with Gasteiger partial charge < -0.3 is 9.64 Å². The van der Waals surface area contributed by atoms with E-state index >= 15 is 0 Å². The van der Waals surface area contributed by atoms with E-state index in [2.05, 4.69) is 11.8 Å². The summed E-state index contributed by atoms with van der Waals surface area (Å²) in [5.74, 6) is 1.88. The fourth-order valence-electron chi connectivity index (χ4n) is 2.63. The monoisotopic (exact) mass is 247 g/mol. The van der Waals surface area contributed by atoms with Crippen molar-refractivity contribution in [3.05, 3.63) is 30.3 Å². The second-order valence-electron chi connectivity index (χ2n) is 5.42. The zero-order valence-corrected chi connectivity index (χ0v) is 11.5. The number of ether oxygens (including phenoxy) is 1. The molecule has 0 spiro atoms. The number of piperidine rings is 1. The number of para-hydroxylation sites is 1. The normalized spacial score (nSPS) is 20.8. The van der Waals surface area contributed by atoms with Crippen LogP contribution in [0.25, 0.3) is 0 Å². The Kier molecular flexibility index (Phi) is 5.53. The summed E-state index contributed by atoms with van der Waals surface area (Å²) in [6.45, 7) is 7.03. The molecule has 1 unspecified atom stereocenters. The smallest absolute Gasteiger partial charge is 0.119 e.